The molecule has 1 aromatic heterocycles. The highest BCUT2D eigenvalue weighted by molar-refractivity contribution is 6.01. The summed E-state index contributed by atoms with van der Waals surface area (Å²) in [5, 5.41) is 17.1. The summed E-state index contributed by atoms with van der Waals surface area (Å²) in [5.41, 5.74) is 6.94. The number of hydrogen-bond acceptors (Lipinski definition) is 5. The van der Waals surface area contributed by atoms with Gasteiger partial charge in [-0.05, 0) is 62.1 Å². The van der Waals surface area contributed by atoms with Gasteiger partial charge < -0.3 is 14.9 Å². The number of Topliss-reactive ketones (excluding diaryl/α,β-unsaturated/α-hetero) is 1. The second kappa shape index (κ2) is 26.8. The molecular weight excluding hydrogens is 558 g/mol. The Balaban J connectivity index is 0. The molecule has 2 aromatic carbocycles. The third-order valence-electron chi connectivity index (χ3n) is 6.32. The number of allylic oxidation sites excluding steroid dienone is 1. The highest BCUT2D eigenvalue weighted by Crippen LogP contribution is 2.31. The number of aliphatic hydroxyl groups is 2. The van der Waals surface area contributed by atoms with E-state index in [1.807, 2.05) is 90.1 Å². The lowest BCUT2D eigenvalue weighted by Gasteiger charge is -2.15. The zero-order chi connectivity index (χ0) is 34.8. The monoisotopic (exact) mass is 619 g/mol. The fourth-order valence-electron chi connectivity index (χ4n) is 4.41. The van der Waals surface area contributed by atoms with Crippen molar-refractivity contribution in [2.75, 3.05) is 13.7 Å². The Hall–Kier alpha value is -3.54. The summed E-state index contributed by atoms with van der Waals surface area (Å²) >= 11 is 0. The second-order valence-corrected chi connectivity index (χ2v) is 9.79. The Labute approximate surface area is 275 Å². The van der Waals surface area contributed by atoms with Gasteiger partial charge in [0, 0.05) is 23.8 Å². The van der Waals surface area contributed by atoms with Crippen LogP contribution in [-0.2, 0) is 0 Å². The molecule has 1 unspecified atom stereocenters. The zero-order valence-electron chi connectivity index (χ0n) is 30.0. The van der Waals surface area contributed by atoms with Crippen molar-refractivity contribution in [3.8, 4) is 28.1 Å². The maximum absolute atomic E-state index is 12.5. The van der Waals surface area contributed by atoms with Gasteiger partial charge in [0.05, 0.1) is 17.5 Å². The largest absolute Gasteiger partial charge is 0.491 e. The molecule has 0 saturated heterocycles. The van der Waals surface area contributed by atoms with E-state index in [2.05, 4.69) is 39.5 Å². The van der Waals surface area contributed by atoms with Gasteiger partial charge in [0.25, 0.3) is 0 Å². The fourth-order valence-corrected chi connectivity index (χ4v) is 4.41. The predicted molar refractivity (Wildman–Crippen MR) is 197 cm³/mol. The van der Waals surface area contributed by atoms with E-state index in [0.29, 0.717) is 12.2 Å². The Bertz CT molecular complexity index is 1230. The van der Waals surface area contributed by atoms with E-state index in [-0.39, 0.29) is 5.78 Å². The number of rotatable bonds is 12. The summed E-state index contributed by atoms with van der Waals surface area (Å²) in [6, 6.07) is 16.1. The van der Waals surface area contributed by atoms with E-state index in [0.717, 1.165) is 77.7 Å². The number of pyridine rings is 1. The smallest absolute Gasteiger partial charge is 0.160 e. The van der Waals surface area contributed by atoms with Crippen molar-refractivity contribution >= 4 is 17.9 Å². The SMILES string of the molecule is C=Cc1c(/C=C\C)nc(-c2ccc(-c3ccc(OCC(O)CCCCC)cc3)cc2)c(C)c1C(C)=O.CC.CC.CCC.CO. The van der Waals surface area contributed by atoms with Gasteiger partial charge in [-0.2, -0.15) is 0 Å². The molecule has 0 radical (unpaired) electrons. The lowest BCUT2D eigenvalue weighted by molar-refractivity contribution is 0.0976. The Morgan fingerprint density at radius 2 is 1.40 bits per heavy atom. The number of benzene rings is 2. The van der Waals surface area contributed by atoms with Crippen LogP contribution in [0, 0.1) is 6.92 Å². The molecule has 3 rings (SSSR count). The first-order valence-electron chi connectivity index (χ1n) is 16.6. The minimum atomic E-state index is -0.432. The van der Waals surface area contributed by atoms with E-state index in [4.69, 9.17) is 14.8 Å². The zero-order valence-corrected chi connectivity index (χ0v) is 30.0. The van der Waals surface area contributed by atoms with Crippen LogP contribution in [0.15, 0.2) is 61.2 Å². The number of nitrogens with zero attached hydrogens (tertiary/aromatic N) is 1. The van der Waals surface area contributed by atoms with Crippen LogP contribution in [0.5, 0.6) is 5.75 Å². The first kappa shape index (κ1) is 43.6. The first-order valence-corrected chi connectivity index (χ1v) is 16.6. The fraction of sp³-hybridized carbons (Fsp3) is 0.450. The molecule has 5 nitrogen and oxygen atoms in total. The van der Waals surface area contributed by atoms with Crippen molar-refractivity contribution in [3.05, 3.63) is 83.6 Å². The average molecular weight is 620 g/mol. The Morgan fingerprint density at radius 3 is 1.84 bits per heavy atom. The third kappa shape index (κ3) is 14.9. The van der Waals surface area contributed by atoms with Crippen LogP contribution in [0.25, 0.3) is 34.5 Å². The number of ketones is 1. The predicted octanol–water partition coefficient (Wildman–Crippen LogP) is 11.0. The molecule has 0 aliphatic rings. The molecule has 1 heterocycles. The summed E-state index contributed by atoms with van der Waals surface area (Å²) in [6.45, 7) is 24.1. The average Bonchev–Trinajstić information content (AvgIpc) is 3.08. The molecular formula is C40H61NO4. The normalized spacial score (nSPS) is 10.4. The van der Waals surface area contributed by atoms with Gasteiger partial charge >= 0.3 is 0 Å². The summed E-state index contributed by atoms with van der Waals surface area (Å²) in [4.78, 5) is 17.3. The van der Waals surface area contributed by atoms with Crippen molar-refractivity contribution in [3.63, 3.8) is 0 Å². The maximum Gasteiger partial charge on any atom is 0.160 e. The summed E-state index contributed by atoms with van der Waals surface area (Å²) < 4.78 is 5.76. The Kier molecular flexibility index (Phi) is 26.0. The van der Waals surface area contributed by atoms with Gasteiger partial charge in [-0.25, -0.2) is 4.98 Å². The third-order valence-corrected chi connectivity index (χ3v) is 6.32. The van der Waals surface area contributed by atoms with Crippen molar-refractivity contribution in [1.82, 2.24) is 4.98 Å². The summed E-state index contributed by atoms with van der Waals surface area (Å²) in [7, 11) is 1.00. The molecule has 2 N–H and O–H groups in total. The van der Waals surface area contributed by atoms with Gasteiger partial charge in [-0.1, -0.05) is 129 Å². The first-order chi connectivity index (χ1) is 21.8. The van der Waals surface area contributed by atoms with E-state index < -0.39 is 6.10 Å². The molecule has 0 amide bonds. The van der Waals surface area contributed by atoms with Gasteiger partial charge in [0.15, 0.2) is 5.78 Å². The van der Waals surface area contributed by atoms with E-state index in [9.17, 15) is 9.90 Å². The van der Waals surface area contributed by atoms with Crippen molar-refractivity contribution in [2.24, 2.45) is 0 Å². The van der Waals surface area contributed by atoms with E-state index in [1.54, 1.807) is 13.0 Å². The topological polar surface area (TPSA) is 79.7 Å². The van der Waals surface area contributed by atoms with Crippen LogP contribution in [0.4, 0.5) is 0 Å². The summed E-state index contributed by atoms with van der Waals surface area (Å²) in [6.07, 6.45) is 10.4. The number of carbonyl (C=O) groups excluding carboxylic acids is 1. The van der Waals surface area contributed by atoms with E-state index >= 15 is 0 Å². The van der Waals surface area contributed by atoms with Crippen molar-refractivity contribution in [2.45, 2.75) is 107 Å². The van der Waals surface area contributed by atoms with Crippen molar-refractivity contribution < 1.29 is 19.7 Å². The van der Waals surface area contributed by atoms with Crippen molar-refractivity contribution in [1.29, 1.82) is 0 Å². The molecule has 250 valence electrons. The number of unbranched alkanes of at least 4 members (excludes halogenated alkanes) is 2. The second-order valence-electron chi connectivity index (χ2n) is 9.79. The molecule has 0 saturated carbocycles. The quantitative estimate of drug-likeness (QED) is 0.156. The van der Waals surface area contributed by atoms with Crippen LogP contribution in [-0.4, -0.2) is 40.8 Å². The van der Waals surface area contributed by atoms with Crippen LogP contribution < -0.4 is 4.74 Å². The Morgan fingerprint density at radius 1 is 0.911 bits per heavy atom. The van der Waals surface area contributed by atoms with E-state index in [1.165, 1.54) is 6.42 Å². The number of aliphatic hydroxyl groups excluding tert-OH is 2. The molecule has 0 aliphatic carbocycles. The molecule has 0 bridgehead atoms. The van der Waals surface area contributed by atoms with Gasteiger partial charge in [0.2, 0.25) is 0 Å². The number of ether oxygens (including phenoxy) is 1. The molecule has 1 atom stereocenters. The van der Waals surface area contributed by atoms with Crippen LogP contribution in [0.3, 0.4) is 0 Å². The minimum absolute atomic E-state index is 0.00390. The number of aromatic nitrogens is 1. The highest BCUT2D eigenvalue weighted by atomic mass is 16.5. The van der Waals surface area contributed by atoms with Crippen LogP contribution >= 0.6 is 0 Å². The molecule has 5 heteroatoms. The van der Waals surface area contributed by atoms with Gasteiger partial charge in [-0.3, -0.25) is 4.79 Å². The minimum Gasteiger partial charge on any atom is -0.491 e. The molecule has 0 spiro atoms. The lowest BCUT2D eigenvalue weighted by Crippen LogP contribution is -2.17. The standard InChI is InChI=1S/C32H37NO3.C3H8.2C2H6.CH4O/c1-6-9-10-12-27(35)21-36-28-19-17-25(18-20-28)24-13-15-26(16-14-24)32-22(4)31(23(5)34)29(8-3)30(33-32)11-7-2;1-3-2;3*1-2/h7-8,11,13-20,27,35H,3,6,9-10,12,21H2,1-2,4-5H3;3H2,1-2H3;2*1-2H3;2H,1H3/b11-7-;;;;. The molecule has 0 aliphatic heterocycles. The van der Waals surface area contributed by atoms with Crippen LogP contribution in [0.1, 0.15) is 122 Å². The summed E-state index contributed by atoms with van der Waals surface area (Å²) in [5.74, 6) is 0.754. The number of hydrogen-bond donors (Lipinski definition) is 2. The number of carbonyl (C=O) groups is 1. The van der Waals surface area contributed by atoms with Gasteiger partial charge in [-0.15, -0.1) is 0 Å². The molecule has 45 heavy (non-hydrogen) atoms. The molecule has 0 fully saturated rings. The maximum atomic E-state index is 12.5. The van der Waals surface area contributed by atoms with Gasteiger partial charge in [0.1, 0.15) is 12.4 Å². The van der Waals surface area contributed by atoms with Crippen LogP contribution in [0.2, 0.25) is 0 Å². The molecule has 3 aromatic rings. The highest BCUT2D eigenvalue weighted by Gasteiger charge is 2.18. The lowest BCUT2D eigenvalue weighted by atomic mass is 9.93.